The summed E-state index contributed by atoms with van der Waals surface area (Å²) in [4.78, 5) is 25.1. The normalized spacial score (nSPS) is 16.2. The number of carbonyl (C=O) groups is 2. The lowest BCUT2D eigenvalue weighted by atomic mass is 10.1. The van der Waals surface area contributed by atoms with Gasteiger partial charge in [0.15, 0.2) is 6.10 Å². The van der Waals surface area contributed by atoms with Crippen LogP contribution in [0.2, 0.25) is 0 Å². The van der Waals surface area contributed by atoms with E-state index >= 15 is 0 Å². The lowest BCUT2D eigenvalue weighted by Crippen LogP contribution is -2.35. The van der Waals surface area contributed by atoms with E-state index < -0.39 is 22.1 Å². The predicted molar refractivity (Wildman–Crippen MR) is 109 cm³/mol. The van der Waals surface area contributed by atoms with Gasteiger partial charge in [-0.2, -0.15) is 4.31 Å². The fourth-order valence-corrected chi connectivity index (χ4v) is 4.84. The molecule has 29 heavy (non-hydrogen) atoms. The third-order valence-corrected chi connectivity index (χ3v) is 6.91. The molecule has 0 spiro atoms. The first kappa shape index (κ1) is 21.2. The lowest BCUT2D eigenvalue weighted by Gasteiger charge is -2.26. The Morgan fingerprint density at radius 1 is 0.966 bits per heavy atom. The van der Waals surface area contributed by atoms with E-state index in [4.69, 9.17) is 4.74 Å². The number of nitrogens with zero attached hydrogens (tertiary/aromatic N) is 1. The first-order valence-electron chi connectivity index (χ1n) is 9.71. The fraction of sp³-hybridized carbons (Fsp3) is 0.364. The molecule has 1 heterocycles. The molecule has 6 nitrogen and oxygen atoms in total. The maximum atomic E-state index is 12.8. The van der Waals surface area contributed by atoms with Gasteiger partial charge in [0, 0.05) is 18.7 Å². The second-order valence-corrected chi connectivity index (χ2v) is 9.21. The minimum Gasteiger partial charge on any atom is -0.451 e. The van der Waals surface area contributed by atoms with E-state index in [2.05, 4.69) is 0 Å². The summed E-state index contributed by atoms with van der Waals surface area (Å²) in [5.41, 5.74) is 1.59. The van der Waals surface area contributed by atoms with Gasteiger partial charge < -0.3 is 4.74 Å². The van der Waals surface area contributed by atoms with Gasteiger partial charge in [-0.05, 0) is 44.9 Å². The van der Waals surface area contributed by atoms with Crippen LogP contribution in [0.25, 0.3) is 0 Å². The van der Waals surface area contributed by atoms with Crippen molar-refractivity contribution in [3.05, 3.63) is 65.2 Å². The van der Waals surface area contributed by atoms with Crippen molar-refractivity contribution in [2.24, 2.45) is 0 Å². The van der Waals surface area contributed by atoms with Gasteiger partial charge in [0.1, 0.15) is 0 Å². The van der Waals surface area contributed by atoms with Crippen molar-refractivity contribution < 1.29 is 22.7 Å². The Morgan fingerprint density at radius 2 is 1.62 bits per heavy atom. The summed E-state index contributed by atoms with van der Waals surface area (Å²) in [6, 6.07) is 12.8. The van der Waals surface area contributed by atoms with E-state index in [0.717, 1.165) is 24.8 Å². The smallest absolute Gasteiger partial charge is 0.338 e. The molecule has 0 radical (unpaired) electrons. The van der Waals surface area contributed by atoms with Crippen LogP contribution >= 0.6 is 0 Å². The zero-order valence-electron chi connectivity index (χ0n) is 16.6. The molecule has 1 aliphatic rings. The first-order chi connectivity index (χ1) is 13.8. The molecule has 1 aliphatic heterocycles. The maximum absolute atomic E-state index is 12.8. The molecular formula is C22H25NO5S. The molecule has 1 atom stereocenters. The van der Waals surface area contributed by atoms with Crippen LogP contribution in [0, 0.1) is 6.92 Å². The Morgan fingerprint density at radius 3 is 2.28 bits per heavy atom. The fourth-order valence-electron chi connectivity index (χ4n) is 3.27. The summed E-state index contributed by atoms with van der Waals surface area (Å²) >= 11 is 0. The number of esters is 1. The number of sulfonamides is 1. The van der Waals surface area contributed by atoms with Crippen molar-refractivity contribution >= 4 is 21.8 Å². The molecule has 1 fully saturated rings. The highest BCUT2D eigenvalue weighted by Crippen LogP contribution is 2.22. The number of ketones is 1. The third kappa shape index (κ3) is 4.92. The molecule has 1 saturated heterocycles. The zero-order valence-corrected chi connectivity index (χ0v) is 17.4. The van der Waals surface area contributed by atoms with Crippen molar-refractivity contribution in [1.29, 1.82) is 0 Å². The summed E-state index contributed by atoms with van der Waals surface area (Å²) < 4.78 is 32.4. The zero-order chi connectivity index (χ0) is 21.0. The van der Waals surface area contributed by atoms with Crippen LogP contribution in [0.4, 0.5) is 0 Å². The minimum atomic E-state index is -3.65. The van der Waals surface area contributed by atoms with Crippen molar-refractivity contribution in [1.82, 2.24) is 4.31 Å². The number of hydrogen-bond donors (Lipinski definition) is 0. The van der Waals surface area contributed by atoms with Crippen LogP contribution in [0.15, 0.2) is 53.4 Å². The second kappa shape index (κ2) is 8.88. The van der Waals surface area contributed by atoms with Gasteiger partial charge in [-0.3, -0.25) is 4.79 Å². The Bertz CT molecular complexity index is 992. The molecule has 3 rings (SSSR count). The number of hydrogen-bond acceptors (Lipinski definition) is 5. The Kier molecular flexibility index (Phi) is 6.49. The van der Waals surface area contributed by atoms with Gasteiger partial charge in [-0.15, -0.1) is 0 Å². The van der Waals surface area contributed by atoms with Crippen molar-refractivity contribution in [3.63, 3.8) is 0 Å². The average Bonchev–Trinajstić information content (AvgIpc) is 2.74. The minimum absolute atomic E-state index is 0.0614. The first-order valence-corrected chi connectivity index (χ1v) is 11.1. The second-order valence-electron chi connectivity index (χ2n) is 7.27. The Hall–Kier alpha value is -2.51. The largest absolute Gasteiger partial charge is 0.451 e. The number of rotatable bonds is 6. The van der Waals surface area contributed by atoms with Gasteiger partial charge in [-0.1, -0.05) is 42.3 Å². The van der Waals surface area contributed by atoms with E-state index in [1.54, 1.807) is 12.1 Å². The Labute approximate surface area is 171 Å². The maximum Gasteiger partial charge on any atom is 0.338 e. The van der Waals surface area contributed by atoms with Gasteiger partial charge >= 0.3 is 5.97 Å². The van der Waals surface area contributed by atoms with Gasteiger partial charge in [-0.25, -0.2) is 13.2 Å². The quantitative estimate of drug-likeness (QED) is 0.532. The Balaban J connectivity index is 1.73. The number of Topliss-reactive ketones (excluding diaryl/α,β-unsaturated/α-hetero) is 1. The summed E-state index contributed by atoms with van der Waals surface area (Å²) in [5, 5.41) is 0. The number of benzene rings is 2. The molecule has 0 bridgehead atoms. The molecule has 154 valence electrons. The van der Waals surface area contributed by atoms with Crippen LogP contribution in [0.3, 0.4) is 0 Å². The molecule has 0 aromatic heterocycles. The molecule has 7 heteroatoms. The molecular weight excluding hydrogens is 390 g/mol. The number of ether oxygens (including phenoxy) is 1. The van der Waals surface area contributed by atoms with E-state index in [1.165, 1.54) is 35.5 Å². The van der Waals surface area contributed by atoms with E-state index in [-0.39, 0.29) is 16.2 Å². The van der Waals surface area contributed by atoms with Crippen LogP contribution in [0.1, 0.15) is 52.5 Å². The molecule has 2 aromatic rings. The third-order valence-electron chi connectivity index (χ3n) is 5.01. The molecule has 2 aromatic carbocycles. The predicted octanol–water partition coefficient (Wildman–Crippen LogP) is 3.60. The topological polar surface area (TPSA) is 80.8 Å². The average molecular weight is 416 g/mol. The van der Waals surface area contributed by atoms with Crippen LogP contribution < -0.4 is 0 Å². The SMILES string of the molecule is Cc1ccc(C(=O)[C@@H](C)OC(=O)c2cccc(S(=O)(=O)N3CCCCC3)c2)cc1. The van der Waals surface area contributed by atoms with E-state index in [9.17, 15) is 18.0 Å². The molecule has 0 saturated carbocycles. The van der Waals surface area contributed by atoms with Crippen LogP contribution in [-0.2, 0) is 14.8 Å². The highest BCUT2D eigenvalue weighted by atomic mass is 32.2. The van der Waals surface area contributed by atoms with Gasteiger partial charge in [0.2, 0.25) is 15.8 Å². The van der Waals surface area contributed by atoms with E-state index in [0.29, 0.717) is 18.7 Å². The number of carbonyl (C=O) groups excluding carboxylic acids is 2. The van der Waals surface area contributed by atoms with Crippen LogP contribution in [0.5, 0.6) is 0 Å². The van der Waals surface area contributed by atoms with Gasteiger partial charge in [0.25, 0.3) is 0 Å². The van der Waals surface area contributed by atoms with Crippen molar-refractivity contribution in [2.75, 3.05) is 13.1 Å². The lowest BCUT2D eigenvalue weighted by molar-refractivity contribution is 0.0318. The highest BCUT2D eigenvalue weighted by molar-refractivity contribution is 7.89. The number of piperidine rings is 1. The summed E-state index contributed by atoms with van der Waals surface area (Å²) in [6.07, 6.45) is 1.71. The van der Waals surface area contributed by atoms with E-state index in [1.807, 2.05) is 19.1 Å². The van der Waals surface area contributed by atoms with Crippen LogP contribution in [-0.4, -0.2) is 43.7 Å². The monoisotopic (exact) mass is 415 g/mol. The standard InChI is InChI=1S/C22H25NO5S/c1-16-9-11-18(12-10-16)21(24)17(2)28-22(25)19-7-6-8-20(15-19)29(26,27)23-13-4-3-5-14-23/h6-12,15,17H,3-5,13-14H2,1-2H3/t17-/m1/s1. The summed E-state index contributed by atoms with van der Waals surface area (Å²) in [6.45, 7) is 4.40. The molecule has 0 unspecified atom stereocenters. The van der Waals surface area contributed by atoms with Crippen molar-refractivity contribution in [3.8, 4) is 0 Å². The summed E-state index contributed by atoms with van der Waals surface area (Å²) in [7, 11) is -3.65. The molecule has 0 amide bonds. The summed E-state index contributed by atoms with van der Waals surface area (Å²) in [5.74, 6) is -1.04. The van der Waals surface area contributed by atoms with Gasteiger partial charge in [0.05, 0.1) is 10.5 Å². The van der Waals surface area contributed by atoms with Crippen molar-refractivity contribution in [2.45, 2.75) is 44.1 Å². The number of aryl methyl sites for hydroxylation is 1. The highest BCUT2D eigenvalue weighted by Gasteiger charge is 2.27. The molecule has 0 aliphatic carbocycles. The molecule has 0 N–H and O–H groups in total.